The van der Waals surface area contributed by atoms with E-state index in [0.29, 0.717) is 23.8 Å². The molecule has 0 saturated heterocycles. The lowest BCUT2D eigenvalue weighted by Gasteiger charge is -2.30. The fraction of sp³-hybridized carbons (Fsp3) is 0.438. The van der Waals surface area contributed by atoms with Gasteiger partial charge in [-0.15, -0.1) is 0 Å². The van der Waals surface area contributed by atoms with E-state index >= 15 is 0 Å². The zero-order valence-electron chi connectivity index (χ0n) is 22.0. The average Bonchev–Trinajstić information content (AvgIpc) is 3.68. The number of rotatable bonds is 9. The molecule has 3 aromatic carbocycles. The van der Waals surface area contributed by atoms with E-state index in [0.717, 1.165) is 22.8 Å². The van der Waals surface area contributed by atoms with Crippen molar-refractivity contribution in [3.05, 3.63) is 83.2 Å². The molecule has 0 aliphatic heterocycles. The maximum absolute atomic E-state index is 14.9. The van der Waals surface area contributed by atoms with Crippen LogP contribution in [0.5, 0.6) is 11.5 Å². The Morgan fingerprint density at radius 2 is 1.69 bits per heavy atom. The maximum Gasteiger partial charge on any atom is 0.131 e. The molecule has 0 radical (unpaired) electrons. The van der Waals surface area contributed by atoms with Crippen LogP contribution < -0.4 is 9.47 Å². The maximum atomic E-state index is 14.9. The second kappa shape index (κ2) is 10.4. The third-order valence-corrected chi connectivity index (χ3v) is 7.67. The van der Waals surface area contributed by atoms with Crippen LogP contribution in [0.4, 0.5) is 4.39 Å². The molecule has 3 aromatic rings. The Morgan fingerprint density at radius 3 is 2.34 bits per heavy atom. The fourth-order valence-corrected chi connectivity index (χ4v) is 4.96. The first kappa shape index (κ1) is 25.3. The van der Waals surface area contributed by atoms with Gasteiger partial charge in [0.15, 0.2) is 0 Å². The van der Waals surface area contributed by atoms with Crippen LogP contribution in [0.25, 0.3) is 11.1 Å². The Bertz CT molecular complexity index is 1160. The highest BCUT2D eigenvalue weighted by molar-refractivity contribution is 5.71. The lowest BCUT2D eigenvalue weighted by molar-refractivity contribution is 0.303. The van der Waals surface area contributed by atoms with Crippen molar-refractivity contribution in [1.29, 1.82) is 0 Å². The van der Waals surface area contributed by atoms with E-state index in [1.54, 1.807) is 19.2 Å². The van der Waals surface area contributed by atoms with E-state index in [9.17, 15) is 4.39 Å². The number of hydrogen-bond acceptors (Lipinski definition) is 2. The molecular formula is C32H39FO2. The Hall–Kier alpha value is -2.81. The minimum Gasteiger partial charge on any atom is -0.497 e. The van der Waals surface area contributed by atoms with Crippen LogP contribution in [0.3, 0.4) is 0 Å². The zero-order chi connectivity index (χ0) is 25.2. The average molecular weight is 475 g/mol. The van der Waals surface area contributed by atoms with Crippen LogP contribution in [0, 0.1) is 17.2 Å². The molecule has 2 unspecified atom stereocenters. The minimum absolute atomic E-state index is 0.00895. The number of benzene rings is 3. The molecule has 35 heavy (non-hydrogen) atoms. The standard InChI is InChI=1S/C32H39FO2/c1-7-27(23-11-12-23)24-10-8-9-22(17-24)20-35-26-13-15-28(29(19-26)21(2)32(3,4)5)30-18-25(34-6)14-16-31(30)33/h8-10,13-19,21,23,27H,7,11-12,20H2,1-6H3. The highest BCUT2D eigenvalue weighted by Crippen LogP contribution is 2.45. The molecule has 3 heteroatoms. The molecule has 2 atom stereocenters. The monoisotopic (exact) mass is 474 g/mol. The summed E-state index contributed by atoms with van der Waals surface area (Å²) in [6, 6.07) is 19.8. The molecule has 1 fully saturated rings. The predicted molar refractivity (Wildman–Crippen MR) is 143 cm³/mol. The van der Waals surface area contributed by atoms with E-state index in [-0.39, 0.29) is 17.2 Å². The van der Waals surface area contributed by atoms with Crippen molar-refractivity contribution < 1.29 is 13.9 Å². The summed E-state index contributed by atoms with van der Waals surface area (Å²) in [5.74, 6) is 2.90. The third kappa shape index (κ3) is 5.89. The Kier molecular flexibility index (Phi) is 7.54. The van der Waals surface area contributed by atoms with E-state index in [2.05, 4.69) is 65.0 Å². The first-order valence-electron chi connectivity index (χ1n) is 12.9. The van der Waals surface area contributed by atoms with E-state index in [4.69, 9.17) is 9.47 Å². The van der Waals surface area contributed by atoms with Crippen molar-refractivity contribution >= 4 is 0 Å². The molecule has 0 amide bonds. The number of hydrogen-bond donors (Lipinski definition) is 0. The van der Waals surface area contributed by atoms with Crippen LogP contribution in [0.1, 0.15) is 82.4 Å². The van der Waals surface area contributed by atoms with Gasteiger partial charge in [-0.2, -0.15) is 0 Å². The molecule has 1 saturated carbocycles. The molecule has 2 nitrogen and oxygen atoms in total. The van der Waals surface area contributed by atoms with Gasteiger partial charge < -0.3 is 9.47 Å². The molecule has 4 rings (SSSR count). The summed E-state index contributed by atoms with van der Waals surface area (Å²) >= 11 is 0. The van der Waals surface area contributed by atoms with E-state index in [1.807, 2.05) is 12.1 Å². The molecule has 0 spiro atoms. The van der Waals surface area contributed by atoms with Crippen LogP contribution in [0.15, 0.2) is 60.7 Å². The summed E-state index contributed by atoms with van der Waals surface area (Å²) in [5, 5.41) is 0. The van der Waals surface area contributed by atoms with Crippen molar-refractivity contribution in [3.63, 3.8) is 0 Å². The van der Waals surface area contributed by atoms with Gasteiger partial charge in [-0.25, -0.2) is 4.39 Å². The minimum atomic E-state index is -0.250. The van der Waals surface area contributed by atoms with E-state index < -0.39 is 0 Å². The smallest absolute Gasteiger partial charge is 0.131 e. The van der Waals surface area contributed by atoms with Crippen LogP contribution in [-0.2, 0) is 6.61 Å². The second-order valence-corrected chi connectivity index (χ2v) is 11.1. The van der Waals surface area contributed by atoms with Crippen LogP contribution in [0.2, 0.25) is 0 Å². The number of ether oxygens (including phenoxy) is 2. The van der Waals surface area contributed by atoms with Crippen LogP contribution >= 0.6 is 0 Å². The van der Waals surface area contributed by atoms with Crippen LogP contribution in [-0.4, -0.2) is 7.11 Å². The SMILES string of the molecule is CCC(c1cccc(COc2ccc(-c3cc(OC)ccc3F)c(C(C)C(C)(C)C)c2)c1)C1CC1. The lowest BCUT2D eigenvalue weighted by Crippen LogP contribution is -2.16. The molecule has 0 N–H and O–H groups in total. The van der Waals surface area contributed by atoms with Crippen molar-refractivity contribution in [1.82, 2.24) is 0 Å². The van der Waals surface area contributed by atoms with Gasteiger partial charge in [-0.05, 0) is 95.0 Å². The molecule has 1 aliphatic carbocycles. The van der Waals surface area contributed by atoms with Gasteiger partial charge in [0.25, 0.3) is 0 Å². The summed E-state index contributed by atoms with van der Waals surface area (Å²) in [4.78, 5) is 0. The van der Waals surface area contributed by atoms with Crippen molar-refractivity contribution in [2.24, 2.45) is 11.3 Å². The Morgan fingerprint density at radius 1 is 0.943 bits per heavy atom. The molecule has 186 valence electrons. The molecule has 0 bridgehead atoms. The van der Waals surface area contributed by atoms with Gasteiger partial charge in [0.1, 0.15) is 23.9 Å². The molecule has 0 aromatic heterocycles. The summed E-state index contributed by atoms with van der Waals surface area (Å²) < 4.78 is 26.6. The van der Waals surface area contributed by atoms with Crippen molar-refractivity contribution in [3.8, 4) is 22.6 Å². The van der Waals surface area contributed by atoms with Crippen molar-refractivity contribution in [2.75, 3.05) is 7.11 Å². The number of halogens is 1. The summed E-state index contributed by atoms with van der Waals surface area (Å²) in [6.45, 7) is 11.7. The zero-order valence-corrected chi connectivity index (χ0v) is 22.0. The fourth-order valence-electron chi connectivity index (χ4n) is 4.96. The largest absolute Gasteiger partial charge is 0.497 e. The molecule has 0 heterocycles. The number of methoxy groups -OCH3 is 1. The summed E-state index contributed by atoms with van der Waals surface area (Å²) in [7, 11) is 1.61. The van der Waals surface area contributed by atoms with Gasteiger partial charge in [-0.1, -0.05) is 65.0 Å². The first-order valence-corrected chi connectivity index (χ1v) is 12.9. The Balaban J connectivity index is 1.62. The summed E-state index contributed by atoms with van der Waals surface area (Å²) in [5.41, 5.74) is 5.15. The molecule has 1 aliphatic rings. The van der Waals surface area contributed by atoms with Crippen molar-refractivity contribution in [2.45, 2.75) is 72.3 Å². The van der Waals surface area contributed by atoms with Gasteiger partial charge in [0, 0.05) is 5.56 Å². The first-order chi connectivity index (χ1) is 16.7. The topological polar surface area (TPSA) is 18.5 Å². The quantitative estimate of drug-likeness (QED) is 0.308. The van der Waals surface area contributed by atoms with Gasteiger partial charge in [-0.3, -0.25) is 0 Å². The van der Waals surface area contributed by atoms with Gasteiger partial charge in [0.05, 0.1) is 7.11 Å². The normalized spacial score (nSPS) is 15.5. The highest BCUT2D eigenvalue weighted by Gasteiger charge is 2.31. The lowest BCUT2D eigenvalue weighted by atomic mass is 9.75. The van der Waals surface area contributed by atoms with Gasteiger partial charge >= 0.3 is 0 Å². The second-order valence-electron chi connectivity index (χ2n) is 11.1. The third-order valence-electron chi connectivity index (χ3n) is 7.67. The summed E-state index contributed by atoms with van der Waals surface area (Å²) in [6.07, 6.45) is 3.90. The highest BCUT2D eigenvalue weighted by atomic mass is 19.1. The predicted octanol–water partition coefficient (Wildman–Crippen LogP) is 9.13. The van der Waals surface area contributed by atoms with E-state index in [1.165, 1.54) is 36.5 Å². The Labute approximate surface area is 210 Å². The molecular weight excluding hydrogens is 435 g/mol. The van der Waals surface area contributed by atoms with Gasteiger partial charge in [0.2, 0.25) is 0 Å².